The highest BCUT2D eigenvalue weighted by atomic mass is 33.1. The third kappa shape index (κ3) is 7.27. The van der Waals surface area contributed by atoms with Crippen molar-refractivity contribution in [2.24, 2.45) is 0 Å². The van der Waals surface area contributed by atoms with Gasteiger partial charge in [0.05, 0.1) is 6.26 Å². The van der Waals surface area contributed by atoms with Crippen LogP contribution in [0.3, 0.4) is 0 Å². The van der Waals surface area contributed by atoms with E-state index in [-0.39, 0.29) is 0 Å². The third-order valence-corrected chi connectivity index (χ3v) is 5.21. The molecule has 0 saturated heterocycles. The molecule has 1 aliphatic heterocycles. The van der Waals surface area contributed by atoms with Gasteiger partial charge in [-0.3, -0.25) is 0 Å². The summed E-state index contributed by atoms with van der Waals surface area (Å²) in [6, 6.07) is 0. The van der Waals surface area contributed by atoms with Crippen molar-refractivity contribution in [1.29, 1.82) is 0 Å². The molecule has 0 aromatic carbocycles. The summed E-state index contributed by atoms with van der Waals surface area (Å²) in [5.41, 5.74) is 0. The van der Waals surface area contributed by atoms with E-state index in [4.69, 9.17) is 0 Å². The molecule has 0 radical (unpaired) electrons. The van der Waals surface area contributed by atoms with Crippen molar-refractivity contribution in [2.75, 3.05) is 12.8 Å². The SMILES string of the molecule is CS(=O)(=O)NCCCCCC1C=CSS1. The first kappa shape index (κ1) is 13.4. The highest BCUT2D eigenvalue weighted by Gasteiger charge is 2.09. The fourth-order valence-electron chi connectivity index (χ4n) is 1.30. The van der Waals surface area contributed by atoms with Crippen LogP contribution >= 0.6 is 21.6 Å². The summed E-state index contributed by atoms with van der Waals surface area (Å²) in [6.07, 6.45) is 7.84. The van der Waals surface area contributed by atoms with E-state index in [0.29, 0.717) is 11.8 Å². The number of rotatable bonds is 7. The van der Waals surface area contributed by atoms with Crippen molar-refractivity contribution >= 4 is 31.6 Å². The molecule has 0 spiro atoms. The summed E-state index contributed by atoms with van der Waals surface area (Å²) >= 11 is 0. The average molecular weight is 267 g/mol. The highest BCUT2D eigenvalue weighted by molar-refractivity contribution is 8.78. The summed E-state index contributed by atoms with van der Waals surface area (Å²) in [5.74, 6) is 0. The lowest BCUT2D eigenvalue weighted by atomic mass is 10.1. The van der Waals surface area contributed by atoms with Gasteiger partial charge in [-0.2, -0.15) is 0 Å². The molecule has 0 fully saturated rings. The molecule has 1 unspecified atom stereocenters. The van der Waals surface area contributed by atoms with Gasteiger partial charge < -0.3 is 0 Å². The van der Waals surface area contributed by atoms with E-state index in [0.717, 1.165) is 12.8 Å². The predicted molar refractivity (Wildman–Crippen MR) is 69.4 cm³/mol. The first-order chi connectivity index (χ1) is 7.08. The normalized spacial score (nSPS) is 21.0. The van der Waals surface area contributed by atoms with Gasteiger partial charge in [-0.25, -0.2) is 13.1 Å². The Morgan fingerprint density at radius 3 is 2.73 bits per heavy atom. The van der Waals surface area contributed by atoms with Crippen LogP contribution in [0.15, 0.2) is 11.5 Å². The van der Waals surface area contributed by atoms with E-state index >= 15 is 0 Å². The van der Waals surface area contributed by atoms with E-state index in [1.54, 1.807) is 10.8 Å². The van der Waals surface area contributed by atoms with Crippen molar-refractivity contribution < 1.29 is 8.42 Å². The lowest BCUT2D eigenvalue weighted by Gasteiger charge is -2.05. The quantitative estimate of drug-likeness (QED) is 0.568. The summed E-state index contributed by atoms with van der Waals surface area (Å²) in [5, 5.41) is 2.80. The van der Waals surface area contributed by atoms with Gasteiger partial charge in [0.25, 0.3) is 0 Å². The Balaban J connectivity index is 1.91. The zero-order valence-corrected chi connectivity index (χ0v) is 11.3. The van der Waals surface area contributed by atoms with Gasteiger partial charge in [0.1, 0.15) is 0 Å². The van der Waals surface area contributed by atoms with Crippen molar-refractivity contribution in [3.8, 4) is 0 Å². The standard InChI is InChI=1S/C9H17NO2S3/c1-15(11,12)10-7-4-2-3-5-9-6-8-13-14-9/h6,8-10H,2-5,7H2,1H3. The van der Waals surface area contributed by atoms with Gasteiger partial charge in [-0.05, 0) is 18.2 Å². The summed E-state index contributed by atoms with van der Waals surface area (Å²) < 4.78 is 24.0. The molecular weight excluding hydrogens is 250 g/mol. The maximum absolute atomic E-state index is 10.7. The maximum Gasteiger partial charge on any atom is 0.208 e. The molecule has 1 N–H and O–H groups in total. The van der Waals surface area contributed by atoms with Crippen molar-refractivity contribution in [3.63, 3.8) is 0 Å². The minimum Gasteiger partial charge on any atom is -0.215 e. The molecule has 0 bridgehead atoms. The molecule has 0 saturated carbocycles. The van der Waals surface area contributed by atoms with Crippen LogP contribution in [0, 0.1) is 0 Å². The van der Waals surface area contributed by atoms with E-state index < -0.39 is 10.0 Å². The summed E-state index contributed by atoms with van der Waals surface area (Å²) in [7, 11) is 0.707. The largest absolute Gasteiger partial charge is 0.215 e. The molecule has 0 aliphatic carbocycles. The number of hydrogen-bond acceptors (Lipinski definition) is 4. The molecule has 1 aliphatic rings. The molecule has 88 valence electrons. The molecule has 1 atom stereocenters. The number of hydrogen-bond donors (Lipinski definition) is 1. The molecule has 15 heavy (non-hydrogen) atoms. The van der Waals surface area contributed by atoms with Gasteiger partial charge in [0.2, 0.25) is 10.0 Å². The van der Waals surface area contributed by atoms with Gasteiger partial charge >= 0.3 is 0 Å². The smallest absolute Gasteiger partial charge is 0.208 e. The Labute approximate surface area is 99.9 Å². The summed E-state index contributed by atoms with van der Waals surface area (Å²) in [4.78, 5) is 0. The first-order valence-corrected chi connectivity index (χ1v) is 9.18. The van der Waals surface area contributed by atoms with Crippen LogP contribution in [-0.4, -0.2) is 26.5 Å². The first-order valence-electron chi connectivity index (χ1n) is 5.01. The molecule has 0 amide bonds. The minimum atomic E-state index is -3.00. The zero-order valence-electron chi connectivity index (χ0n) is 8.81. The fourth-order valence-corrected chi connectivity index (χ4v) is 4.08. The van der Waals surface area contributed by atoms with E-state index in [1.165, 1.54) is 19.1 Å². The van der Waals surface area contributed by atoms with Crippen molar-refractivity contribution in [2.45, 2.75) is 30.9 Å². The summed E-state index contributed by atoms with van der Waals surface area (Å²) in [6.45, 7) is 0.571. The van der Waals surface area contributed by atoms with E-state index in [2.05, 4.69) is 16.2 Å². The Morgan fingerprint density at radius 1 is 1.33 bits per heavy atom. The molecule has 6 heteroatoms. The average Bonchev–Trinajstić information content (AvgIpc) is 2.61. The molecule has 0 aromatic rings. The Hall–Kier alpha value is 0.350. The van der Waals surface area contributed by atoms with E-state index in [1.807, 2.05) is 10.8 Å². The molecule has 1 rings (SSSR count). The highest BCUT2D eigenvalue weighted by Crippen LogP contribution is 2.37. The second kappa shape index (κ2) is 6.83. The van der Waals surface area contributed by atoms with Crippen LogP contribution in [0.25, 0.3) is 0 Å². The fraction of sp³-hybridized carbons (Fsp3) is 0.778. The monoisotopic (exact) mass is 267 g/mol. The van der Waals surface area contributed by atoms with Gasteiger partial charge in [-0.1, -0.05) is 40.5 Å². The third-order valence-electron chi connectivity index (χ3n) is 2.06. The molecular formula is C9H17NO2S3. The van der Waals surface area contributed by atoms with Crippen LogP contribution in [0.2, 0.25) is 0 Å². The Kier molecular flexibility index (Phi) is 6.11. The lowest BCUT2D eigenvalue weighted by molar-refractivity contribution is 0.578. The van der Waals surface area contributed by atoms with Crippen LogP contribution < -0.4 is 4.72 Å². The van der Waals surface area contributed by atoms with Crippen molar-refractivity contribution in [3.05, 3.63) is 11.5 Å². The van der Waals surface area contributed by atoms with E-state index in [9.17, 15) is 8.42 Å². The van der Waals surface area contributed by atoms with Crippen LogP contribution in [0.1, 0.15) is 25.7 Å². The second-order valence-corrected chi connectivity index (χ2v) is 7.83. The number of sulfonamides is 1. The van der Waals surface area contributed by atoms with Crippen LogP contribution in [-0.2, 0) is 10.0 Å². The van der Waals surface area contributed by atoms with Gasteiger partial charge in [0, 0.05) is 11.8 Å². The number of nitrogens with one attached hydrogen (secondary N) is 1. The van der Waals surface area contributed by atoms with Crippen LogP contribution in [0.5, 0.6) is 0 Å². The zero-order chi connectivity index (χ0) is 11.1. The minimum absolute atomic E-state index is 0.571. The van der Waals surface area contributed by atoms with Crippen LogP contribution in [0.4, 0.5) is 0 Å². The maximum atomic E-state index is 10.7. The Bertz CT molecular complexity index is 300. The Morgan fingerprint density at radius 2 is 2.13 bits per heavy atom. The topological polar surface area (TPSA) is 46.2 Å². The molecule has 3 nitrogen and oxygen atoms in total. The molecule has 1 heterocycles. The van der Waals surface area contributed by atoms with Crippen molar-refractivity contribution in [1.82, 2.24) is 4.72 Å². The predicted octanol–water partition coefficient (Wildman–Crippen LogP) is 2.37. The van der Waals surface area contributed by atoms with Gasteiger partial charge in [0.15, 0.2) is 0 Å². The molecule has 0 aromatic heterocycles. The second-order valence-electron chi connectivity index (χ2n) is 3.58. The lowest BCUT2D eigenvalue weighted by Crippen LogP contribution is -2.22. The van der Waals surface area contributed by atoms with Gasteiger partial charge in [-0.15, -0.1) is 0 Å². The number of unbranched alkanes of at least 4 members (excludes halogenated alkanes) is 2.